The highest BCUT2D eigenvalue weighted by Gasteiger charge is 2.05. The van der Waals surface area contributed by atoms with Crippen molar-refractivity contribution in [1.82, 2.24) is 4.90 Å². The van der Waals surface area contributed by atoms with E-state index in [9.17, 15) is 0 Å². The third-order valence-electron chi connectivity index (χ3n) is 3.89. The van der Waals surface area contributed by atoms with E-state index < -0.39 is 0 Å². The summed E-state index contributed by atoms with van der Waals surface area (Å²) >= 11 is 0. The zero-order valence-electron chi connectivity index (χ0n) is 13.1. The first-order chi connectivity index (χ1) is 8.74. The predicted octanol–water partition coefficient (Wildman–Crippen LogP) is 4.19. The van der Waals surface area contributed by atoms with Gasteiger partial charge in [-0.15, -0.1) is 0 Å². The molecule has 0 aromatic rings. The second-order valence-corrected chi connectivity index (χ2v) is 5.49. The van der Waals surface area contributed by atoms with Crippen LogP contribution in [-0.4, -0.2) is 30.6 Å². The summed E-state index contributed by atoms with van der Waals surface area (Å²) in [4.78, 5) is 2.46. The zero-order chi connectivity index (χ0) is 13.6. The molecule has 0 aliphatic carbocycles. The minimum atomic E-state index is 0.418. The normalized spacial score (nSPS) is 13.2. The van der Waals surface area contributed by atoms with E-state index in [1.807, 2.05) is 0 Å². The van der Waals surface area contributed by atoms with Gasteiger partial charge in [-0.1, -0.05) is 65.7 Å². The third-order valence-corrected chi connectivity index (χ3v) is 3.89. The summed E-state index contributed by atoms with van der Waals surface area (Å²) in [6, 6.07) is 0.418. The van der Waals surface area contributed by atoms with Gasteiger partial charge >= 0.3 is 0 Å². The standard InChI is InChI=1S/C16H36N2/c1-4-7-8-9-10-11-12-13-16(17)14-15-18(5-2)6-3/h16H,4-15,17H2,1-3H3. The molecule has 0 spiro atoms. The number of unbranched alkanes of at least 4 members (excludes halogenated alkanes) is 6. The third kappa shape index (κ3) is 11.0. The van der Waals surface area contributed by atoms with Crippen LogP contribution in [0.1, 0.15) is 78.6 Å². The molecule has 1 atom stereocenters. The zero-order valence-corrected chi connectivity index (χ0v) is 13.1. The number of rotatable bonds is 13. The molecule has 0 aromatic carbocycles. The molecule has 18 heavy (non-hydrogen) atoms. The van der Waals surface area contributed by atoms with Gasteiger partial charge in [0.05, 0.1) is 0 Å². The summed E-state index contributed by atoms with van der Waals surface area (Å²) in [5.41, 5.74) is 6.17. The molecule has 0 aliphatic rings. The van der Waals surface area contributed by atoms with Gasteiger partial charge < -0.3 is 10.6 Å². The smallest absolute Gasteiger partial charge is 0.00510 e. The summed E-state index contributed by atoms with van der Waals surface area (Å²) < 4.78 is 0. The number of hydrogen-bond donors (Lipinski definition) is 1. The minimum Gasteiger partial charge on any atom is -0.328 e. The van der Waals surface area contributed by atoms with Gasteiger partial charge in [-0.25, -0.2) is 0 Å². The van der Waals surface area contributed by atoms with Crippen LogP contribution in [0.5, 0.6) is 0 Å². The maximum Gasteiger partial charge on any atom is 0.00510 e. The molecule has 2 heteroatoms. The van der Waals surface area contributed by atoms with Crippen LogP contribution in [0, 0.1) is 0 Å². The highest BCUT2D eigenvalue weighted by Crippen LogP contribution is 2.10. The average Bonchev–Trinajstić information content (AvgIpc) is 2.39. The molecule has 110 valence electrons. The first-order valence-electron chi connectivity index (χ1n) is 8.22. The molecule has 0 aliphatic heterocycles. The Morgan fingerprint density at radius 3 is 1.89 bits per heavy atom. The van der Waals surface area contributed by atoms with Crippen LogP contribution in [-0.2, 0) is 0 Å². The summed E-state index contributed by atoms with van der Waals surface area (Å²) in [5, 5.41) is 0. The Labute approximate surface area is 115 Å². The van der Waals surface area contributed by atoms with Crippen molar-refractivity contribution in [3.8, 4) is 0 Å². The van der Waals surface area contributed by atoms with Gasteiger partial charge in [0.1, 0.15) is 0 Å². The maximum absolute atomic E-state index is 6.17. The van der Waals surface area contributed by atoms with Crippen molar-refractivity contribution in [3.63, 3.8) is 0 Å². The molecule has 0 aromatic heterocycles. The van der Waals surface area contributed by atoms with Crippen LogP contribution in [0.25, 0.3) is 0 Å². The highest BCUT2D eigenvalue weighted by molar-refractivity contribution is 4.64. The molecule has 0 bridgehead atoms. The maximum atomic E-state index is 6.17. The second-order valence-electron chi connectivity index (χ2n) is 5.49. The molecule has 0 saturated heterocycles. The Morgan fingerprint density at radius 2 is 1.33 bits per heavy atom. The fourth-order valence-corrected chi connectivity index (χ4v) is 2.40. The van der Waals surface area contributed by atoms with E-state index in [2.05, 4.69) is 25.7 Å². The van der Waals surface area contributed by atoms with Crippen molar-refractivity contribution in [3.05, 3.63) is 0 Å². The van der Waals surface area contributed by atoms with Crippen molar-refractivity contribution in [2.24, 2.45) is 5.73 Å². The van der Waals surface area contributed by atoms with Gasteiger partial charge in [0.2, 0.25) is 0 Å². The molecule has 0 rings (SSSR count). The van der Waals surface area contributed by atoms with Gasteiger partial charge in [-0.3, -0.25) is 0 Å². The minimum absolute atomic E-state index is 0.418. The average molecular weight is 256 g/mol. The fourth-order valence-electron chi connectivity index (χ4n) is 2.40. The van der Waals surface area contributed by atoms with E-state index >= 15 is 0 Å². The van der Waals surface area contributed by atoms with E-state index in [4.69, 9.17) is 5.73 Å². The van der Waals surface area contributed by atoms with E-state index in [-0.39, 0.29) is 0 Å². The molecule has 0 radical (unpaired) electrons. The predicted molar refractivity (Wildman–Crippen MR) is 83.0 cm³/mol. The largest absolute Gasteiger partial charge is 0.328 e. The lowest BCUT2D eigenvalue weighted by molar-refractivity contribution is 0.286. The summed E-state index contributed by atoms with van der Waals surface area (Å²) in [5.74, 6) is 0. The monoisotopic (exact) mass is 256 g/mol. The summed E-state index contributed by atoms with van der Waals surface area (Å²) in [6.45, 7) is 10.2. The SMILES string of the molecule is CCCCCCCCCC(N)CCN(CC)CC. The molecule has 0 fully saturated rings. The Bertz CT molecular complexity index is 155. The Balaban J connectivity index is 3.28. The second kappa shape index (κ2) is 13.4. The van der Waals surface area contributed by atoms with Crippen LogP contribution in [0.15, 0.2) is 0 Å². The van der Waals surface area contributed by atoms with Crippen molar-refractivity contribution in [2.45, 2.75) is 84.6 Å². The highest BCUT2D eigenvalue weighted by atomic mass is 15.1. The fraction of sp³-hybridized carbons (Fsp3) is 1.00. The van der Waals surface area contributed by atoms with E-state index in [1.165, 1.54) is 57.9 Å². The quantitative estimate of drug-likeness (QED) is 0.501. The molecule has 0 amide bonds. The van der Waals surface area contributed by atoms with Crippen molar-refractivity contribution < 1.29 is 0 Å². The lowest BCUT2D eigenvalue weighted by Gasteiger charge is -2.20. The van der Waals surface area contributed by atoms with Gasteiger partial charge in [-0.2, -0.15) is 0 Å². The van der Waals surface area contributed by atoms with Gasteiger partial charge in [0, 0.05) is 6.04 Å². The van der Waals surface area contributed by atoms with E-state index in [1.54, 1.807) is 0 Å². The lowest BCUT2D eigenvalue weighted by atomic mass is 10.0. The van der Waals surface area contributed by atoms with Crippen LogP contribution < -0.4 is 5.73 Å². The van der Waals surface area contributed by atoms with Crippen LogP contribution in [0.4, 0.5) is 0 Å². The summed E-state index contributed by atoms with van der Waals surface area (Å²) in [7, 11) is 0. The molecule has 2 nitrogen and oxygen atoms in total. The summed E-state index contributed by atoms with van der Waals surface area (Å²) in [6.07, 6.45) is 12.1. The topological polar surface area (TPSA) is 29.3 Å². The molecular formula is C16H36N2. The Hall–Kier alpha value is -0.0800. The van der Waals surface area contributed by atoms with Gasteiger partial charge in [0.25, 0.3) is 0 Å². The van der Waals surface area contributed by atoms with Crippen molar-refractivity contribution in [2.75, 3.05) is 19.6 Å². The number of nitrogens with zero attached hydrogens (tertiary/aromatic N) is 1. The molecule has 1 unspecified atom stereocenters. The molecule has 0 saturated carbocycles. The first-order valence-corrected chi connectivity index (χ1v) is 8.22. The van der Waals surface area contributed by atoms with E-state index in [0.29, 0.717) is 6.04 Å². The Kier molecular flexibility index (Phi) is 13.3. The van der Waals surface area contributed by atoms with Crippen molar-refractivity contribution in [1.29, 1.82) is 0 Å². The molecule has 0 heterocycles. The van der Waals surface area contributed by atoms with Crippen LogP contribution in [0.2, 0.25) is 0 Å². The van der Waals surface area contributed by atoms with Crippen molar-refractivity contribution >= 4 is 0 Å². The van der Waals surface area contributed by atoms with Gasteiger partial charge in [-0.05, 0) is 32.5 Å². The van der Waals surface area contributed by atoms with Crippen LogP contribution in [0.3, 0.4) is 0 Å². The number of hydrogen-bond acceptors (Lipinski definition) is 2. The first kappa shape index (κ1) is 17.9. The number of nitrogens with two attached hydrogens (primary N) is 1. The van der Waals surface area contributed by atoms with Crippen LogP contribution >= 0.6 is 0 Å². The molecular weight excluding hydrogens is 220 g/mol. The lowest BCUT2D eigenvalue weighted by Crippen LogP contribution is -2.30. The van der Waals surface area contributed by atoms with E-state index in [0.717, 1.165) is 19.5 Å². The Morgan fingerprint density at radius 1 is 0.778 bits per heavy atom. The van der Waals surface area contributed by atoms with Gasteiger partial charge in [0.15, 0.2) is 0 Å². The molecule has 2 N–H and O–H groups in total.